The average Bonchev–Trinajstić information content (AvgIpc) is 2.80. The Morgan fingerprint density at radius 3 is 2.12 bits per heavy atom. The molecule has 1 unspecified atom stereocenters. The van der Waals surface area contributed by atoms with E-state index in [0.717, 1.165) is 11.1 Å². The van der Waals surface area contributed by atoms with Gasteiger partial charge >= 0.3 is 18.0 Å². The molecule has 5 N–H and O–H groups in total. The molecule has 32 heavy (non-hydrogen) atoms. The van der Waals surface area contributed by atoms with Crippen LogP contribution in [0.25, 0.3) is 0 Å². The van der Waals surface area contributed by atoms with Crippen molar-refractivity contribution in [3.8, 4) is 0 Å². The van der Waals surface area contributed by atoms with E-state index in [1.165, 1.54) is 6.92 Å². The number of imide groups is 1. The number of hydrogen-bond donors (Lipinski definition) is 4. The van der Waals surface area contributed by atoms with Crippen molar-refractivity contribution in [1.82, 2.24) is 5.32 Å². The molecule has 0 aliphatic carbocycles. The number of aliphatic carboxylic acids is 1. The van der Waals surface area contributed by atoms with E-state index < -0.39 is 36.0 Å². The van der Waals surface area contributed by atoms with Crippen molar-refractivity contribution in [3.63, 3.8) is 0 Å². The van der Waals surface area contributed by atoms with Crippen molar-refractivity contribution in [2.45, 2.75) is 45.0 Å². The van der Waals surface area contributed by atoms with Gasteiger partial charge in [-0.15, -0.1) is 0 Å². The lowest BCUT2D eigenvalue weighted by Gasteiger charge is -2.19. The highest BCUT2D eigenvalue weighted by molar-refractivity contribution is 5.86. The summed E-state index contributed by atoms with van der Waals surface area (Å²) in [5, 5.41) is 11.3. The predicted molar refractivity (Wildman–Crippen MR) is 115 cm³/mol. The molecule has 0 aromatic heterocycles. The second-order valence-corrected chi connectivity index (χ2v) is 7.34. The van der Waals surface area contributed by atoms with Crippen LogP contribution in [0.1, 0.15) is 30.9 Å². The van der Waals surface area contributed by atoms with Gasteiger partial charge in [0.15, 0.2) is 0 Å². The van der Waals surface area contributed by atoms with Gasteiger partial charge in [0, 0.05) is 12.0 Å². The van der Waals surface area contributed by atoms with Crippen LogP contribution >= 0.6 is 0 Å². The molecule has 0 aliphatic heterocycles. The standard InChI is InChI=1S/C23H27N3O6/c1-16(25-20(27)13-12-19(24)22(29)30)21(28)26(14-17-8-4-2-5-9-17)23(31)32-15-18-10-6-3-7-11-18/h2-11,16,19H,12-15,24H2,1H3,(H,25,27)(H,29,30)/p+1/t16-,19-/m1/s1. The summed E-state index contributed by atoms with van der Waals surface area (Å²) in [7, 11) is 0. The molecule has 0 fully saturated rings. The van der Waals surface area contributed by atoms with Crippen LogP contribution in [0.4, 0.5) is 4.79 Å². The highest BCUT2D eigenvalue weighted by atomic mass is 16.6. The van der Waals surface area contributed by atoms with Crippen LogP contribution in [0.3, 0.4) is 0 Å². The maximum atomic E-state index is 13.0. The number of carbonyl (C=O) groups excluding carboxylic acids is 3. The molecular formula is C23H28N3O6+. The fraction of sp³-hybridized carbons (Fsp3) is 0.304. The van der Waals surface area contributed by atoms with E-state index in [1.54, 1.807) is 36.4 Å². The molecule has 9 nitrogen and oxygen atoms in total. The first kappa shape index (κ1) is 24.7. The van der Waals surface area contributed by atoms with Crippen molar-refractivity contribution in [2.24, 2.45) is 5.73 Å². The SMILES string of the molecule is C[C@@H](NC(=O)CC[C@@H](N)C(=O)O)C(=O)[NH+](Cc1ccccc1)C(=O)OCc1ccccc1. The van der Waals surface area contributed by atoms with E-state index in [0.29, 0.717) is 0 Å². The minimum Gasteiger partial charge on any atom is -0.480 e. The van der Waals surface area contributed by atoms with Gasteiger partial charge in [-0.3, -0.25) is 9.59 Å². The number of carboxylic acid groups (broad SMARTS) is 1. The Balaban J connectivity index is 2.04. The van der Waals surface area contributed by atoms with Crippen LogP contribution < -0.4 is 16.0 Å². The van der Waals surface area contributed by atoms with Gasteiger partial charge in [-0.05, 0) is 18.9 Å². The summed E-state index contributed by atoms with van der Waals surface area (Å²) in [6.45, 7) is 1.53. The van der Waals surface area contributed by atoms with Gasteiger partial charge in [0.1, 0.15) is 25.2 Å². The van der Waals surface area contributed by atoms with Gasteiger partial charge in [-0.2, -0.15) is 9.69 Å². The zero-order valence-electron chi connectivity index (χ0n) is 17.8. The molecule has 0 radical (unpaired) electrons. The van der Waals surface area contributed by atoms with Gasteiger partial charge in [0.2, 0.25) is 5.91 Å². The first-order chi connectivity index (χ1) is 15.3. The number of rotatable bonds is 10. The Morgan fingerprint density at radius 1 is 1.00 bits per heavy atom. The normalized spacial score (nSPS) is 13.4. The van der Waals surface area contributed by atoms with Crippen LogP contribution in [0.2, 0.25) is 0 Å². The van der Waals surface area contributed by atoms with Crippen molar-refractivity contribution >= 4 is 23.9 Å². The fourth-order valence-electron chi connectivity index (χ4n) is 2.92. The summed E-state index contributed by atoms with van der Waals surface area (Å²) in [5.74, 6) is -2.30. The largest absolute Gasteiger partial charge is 0.522 e. The average molecular weight is 442 g/mol. The van der Waals surface area contributed by atoms with Crippen molar-refractivity contribution in [2.75, 3.05) is 0 Å². The molecule has 0 aliphatic rings. The van der Waals surface area contributed by atoms with E-state index in [2.05, 4.69) is 5.32 Å². The smallest absolute Gasteiger partial charge is 0.480 e. The molecule has 2 aromatic rings. The lowest BCUT2D eigenvalue weighted by Crippen LogP contribution is -3.17. The number of alkyl carbamates (subject to hydrolysis) is 2. The highest BCUT2D eigenvalue weighted by Crippen LogP contribution is 2.01. The minimum atomic E-state index is -1.21. The summed E-state index contributed by atoms with van der Waals surface area (Å²) in [6, 6.07) is 15.9. The van der Waals surface area contributed by atoms with E-state index in [1.807, 2.05) is 24.3 Å². The van der Waals surface area contributed by atoms with Crippen LogP contribution in [0.15, 0.2) is 60.7 Å². The molecule has 0 saturated heterocycles. The fourth-order valence-corrected chi connectivity index (χ4v) is 2.92. The van der Waals surface area contributed by atoms with Crippen LogP contribution in [-0.2, 0) is 32.3 Å². The first-order valence-corrected chi connectivity index (χ1v) is 10.2. The molecule has 3 amide bonds. The number of nitrogens with two attached hydrogens (primary N) is 1. The number of benzene rings is 2. The number of carboxylic acids is 1. The Kier molecular flexibility index (Phi) is 9.52. The summed E-state index contributed by atoms with van der Waals surface area (Å²) in [6.07, 6.45) is -0.976. The third-order valence-corrected chi connectivity index (χ3v) is 4.75. The van der Waals surface area contributed by atoms with Crippen LogP contribution in [0.5, 0.6) is 0 Å². The number of ether oxygens (including phenoxy) is 1. The third kappa shape index (κ3) is 7.93. The maximum absolute atomic E-state index is 13.0. The van der Waals surface area contributed by atoms with Gasteiger partial charge in [0.05, 0.1) is 0 Å². The lowest BCUT2D eigenvalue weighted by molar-refractivity contribution is -0.758. The summed E-state index contributed by atoms with van der Waals surface area (Å²) < 4.78 is 5.35. The maximum Gasteiger partial charge on any atom is 0.522 e. The molecule has 9 heteroatoms. The molecular weight excluding hydrogens is 414 g/mol. The van der Waals surface area contributed by atoms with Gasteiger partial charge < -0.3 is 20.9 Å². The number of hydrogen-bond acceptors (Lipinski definition) is 6. The van der Waals surface area contributed by atoms with E-state index in [9.17, 15) is 19.2 Å². The minimum absolute atomic E-state index is 0.0130. The van der Waals surface area contributed by atoms with Gasteiger partial charge in [-0.1, -0.05) is 60.7 Å². The highest BCUT2D eigenvalue weighted by Gasteiger charge is 2.35. The molecule has 2 rings (SSSR count). The summed E-state index contributed by atoms with van der Waals surface area (Å²) in [4.78, 5) is 48.6. The molecule has 2 aromatic carbocycles. The topological polar surface area (TPSA) is 140 Å². The van der Waals surface area contributed by atoms with Crippen molar-refractivity contribution in [3.05, 3.63) is 71.8 Å². The molecule has 3 atom stereocenters. The number of carbonyl (C=O) groups is 4. The molecule has 170 valence electrons. The molecule has 0 heterocycles. The molecule has 0 spiro atoms. The Hall–Kier alpha value is -3.56. The van der Waals surface area contributed by atoms with Gasteiger partial charge in [-0.25, -0.2) is 4.79 Å². The van der Waals surface area contributed by atoms with E-state index in [4.69, 9.17) is 15.6 Å². The number of nitrogens with one attached hydrogen (secondary N) is 2. The second kappa shape index (κ2) is 12.3. The summed E-state index contributed by atoms with van der Waals surface area (Å²) >= 11 is 0. The number of quaternary nitrogens is 1. The Labute approximate surface area is 186 Å². The first-order valence-electron chi connectivity index (χ1n) is 10.2. The third-order valence-electron chi connectivity index (χ3n) is 4.75. The zero-order chi connectivity index (χ0) is 23.5. The van der Waals surface area contributed by atoms with Crippen LogP contribution in [-0.4, -0.2) is 41.1 Å². The van der Waals surface area contributed by atoms with Crippen molar-refractivity contribution < 1.29 is 33.9 Å². The van der Waals surface area contributed by atoms with E-state index >= 15 is 0 Å². The van der Waals surface area contributed by atoms with Crippen LogP contribution in [0, 0.1) is 0 Å². The Bertz CT molecular complexity index is 920. The lowest BCUT2D eigenvalue weighted by atomic mass is 10.1. The van der Waals surface area contributed by atoms with Crippen molar-refractivity contribution in [1.29, 1.82) is 0 Å². The predicted octanol–water partition coefficient (Wildman–Crippen LogP) is 0.632. The molecule has 0 saturated carbocycles. The Morgan fingerprint density at radius 2 is 1.56 bits per heavy atom. The second-order valence-electron chi connectivity index (χ2n) is 7.34. The zero-order valence-corrected chi connectivity index (χ0v) is 17.8. The van der Waals surface area contributed by atoms with Gasteiger partial charge in [0.25, 0.3) is 0 Å². The number of amides is 3. The monoisotopic (exact) mass is 442 g/mol. The summed E-state index contributed by atoms with van der Waals surface area (Å²) in [5.41, 5.74) is 6.93. The molecule has 0 bridgehead atoms. The van der Waals surface area contributed by atoms with E-state index in [-0.39, 0.29) is 30.9 Å². The quantitative estimate of drug-likeness (QED) is 0.423.